The van der Waals surface area contributed by atoms with Gasteiger partial charge in [0.05, 0.1) is 10.5 Å². The lowest BCUT2D eigenvalue weighted by atomic mass is 9.93. The van der Waals surface area contributed by atoms with Gasteiger partial charge in [-0.25, -0.2) is 4.39 Å². The summed E-state index contributed by atoms with van der Waals surface area (Å²) in [6.45, 7) is 2.33. The molecule has 6 heteroatoms. The second-order valence-electron chi connectivity index (χ2n) is 5.30. The molecule has 0 bridgehead atoms. The van der Waals surface area contributed by atoms with Gasteiger partial charge in [0.15, 0.2) is 0 Å². The van der Waals surface area contributed by atoms with E-state index in [-0.39, 0.29) is 17.3 Å². The summed E-state index contributed by atoms with van der Waals surface area (Å²) in [5.41, 5.74) is -0.476. The molecule has 114 valence electrons. The number of halogens is 1. The van der Waals surface area contributed by atoms with Gasteiger partial charge in [-0.15, -0.1) is 0 Å². The third-order valence-electron chi connectivity index (χ3n) is 4.01. The first-order valence-corrected chi connectivity index (χ1v) is 7.29. The van der Waals surface area contributed by atoms with Crippen LogP contribution < -0.4 is 0 Å². The van der Waals surface area contributed by atoms with E-state index in [2.05, 4.69) is 0 Å². The zero-order valence-corrected chi connectivity index (χ0v) is 12.0. The van der Waals surface area contributed by atoms with Crippen LogP contribution in [0.15, 0.2) is 18.2 Å². The van der Waals surface area contributed by atoms with Gasteiger partial charge in [0.2, 0.25) is 0 Å². The van der Waals surface area contributed by atoms with E-state index < -0.39 is 16.6 Å². The van der Waals surface area contributed by atoms with Gasteiger partial charge in [0.25, 0.3) is 11.6 Å². The molecule has 0 aliphatic heterocycles. The van der Waals surface area contributed by atoms with Gasteiger partial charge in [0.1, 0.15) is 5.82 Å². The Morgan fingerprint density at radius 2 is 2.05 bits per heavy atom. The number of nitrogens with zero attached hydrogens (tertiary/aromatic N) is 2. The van der Waals surface area contributed by atoms with Gasteiger partial charge >= 0.3 is 0 Å². The molecule has 0 atom stereocenters. The smallest absolute Gasteiger partial charge is 0.270 e. The molecule has 0 saturated heterocycles. The lowest BCUT2D eigenvalue weighted by Crippen LogP contribution is -2.41. The van der Waals surface area contributed by atoms with Crippen molar-refractivity contribution in [2.45, 2.75) is 45.1 Å². The highest BCUT2D eigenvalue weighted by atomic mass is 19.1. The summed E-state index contributed by atoms with van der Waals surface area (Å²) < 4.78 is 13.9. The van der Waals surface area contributed by atoms with Crippen molar-refractivity contribution in [3.63, 3.8) is 0 Å². The largest absolute Gasteiger partial charge is 0.336 e. The van der Waals surface area contributed by atoms with Crippen molar-refractivity contribution in [2.75, 3.05) is 6.54 Å². The Balaban J connectivity index is 2.28. The Labute approximate surface area is 122 Å². The minimum absolute atomic E-state index is 0.106. The Bertz CT molecular complexity index is 542. The molecule has 0 N–H and O–H groups in total. The summed E-state index contributed by atoms with van der Waals surface area (Å²) in [5.74, 6) is -1.16. The fraction of sp³-hybridized carbons (Fsp3) is 0.533. The highest BCUT2D eigenvalue weighted by Gasteiger charge is 2.27. The maximum absolute atomic E-state index is 13.9. The lowest BCUT2D eigenvalue weighted by Gasteiger charge is -2.33. The molecule has 1 amide bonds. The molecule has 1 aromatic carbocycles. The van der Waals surface area contributed by atoms with E-state index in [1.807, 2.05) is 6.92 Å². The average Bonchev–Trinajstić information content (AvgIpc) is 2.49. The Morgan fingerprint density at radius 1 is 1.38 bits per heavy atom. The maximum Gasteiger partial charge on any atom is 0.270 e. The Kier molecular flexibility index (Phi) is 4.88. The first-order chi connectivity index (χ1) is 10.0. The standard InChI is InChI=1S/C15H19FN2O3/c1-2-17(11-6-4-3-5-7-11)15(19)13-10-12(18(20)21)8-9-14(13)16/h8-11H,2-7H2,1H3. The molecule has 0 heterocycles. The highest BCUT2D eigenvalue weighted by Crippen LogP contribution is 2.25. The maximum atomic E-state index is 13.9. The summed E-state index contributed by atoms with van der Waals surface area (Å²) in [6.07, 6.45) is 5.11. The van der Waals surface area contributed by atoms with Gasteiger partial charge in [-0.05, 0) is 25.8 Å². The summed E-state index contributed by atoms with van der Waals surface area (Å²) in [6, 6.07) is 3.20. The first-order valence-electron chi connectivity index (χ1n) is 7.29. The van der Waals surface area contributed by atoms with Crippen molar-refractivity contribution in [3.05, 3.63) is 39.7 Å². The van der Waals surface area contributed by atoms with E-state index in [1.165, 1.54) is 0 Å². The number of nitro benzene ring substituents is 1. The SMILES string of the molecule is CCN(C(=O)c1cc([N+](=O)[O-])ccc1F)C1CCCCC1. The number of rotatable bonds is 4. The van der Waals surface area contributed by atoms with E-state index in [0.29, 0.717) is 6.54 Å². The van der Waals surface area contributed by atoms with Gasteiger partial charge in [-0.2, -0.15) is 0 Å². The normalized spacial score (nSPS) is 15.7. The van der Waals surface area contributed by atoms with Crippen molar-refractivity contribution < 1.29 is 14.1 Å². The van der Waals surface area contributed by atoms with E-state index in [9.17, 15) is 19.3 Å². The molecule has 5 nitrogen and oxygen atoms in total. The van der Waals surface area contributed by atoms with Crippen molar-refractivity contribution in [2.24, 2.45) is 0 Å². The third-order valence-corrected chi connectivity index (χ3v) is 4.01. The van der Waals surface area contributed by atoms with Gasteiger partial charge in [0, 0.05) is 24.7 Å². The van der Waals surface area contributed by atoms with Crippen LogP contribution in [0.1, 0.15) is 49.4 Å². The van der Waals surface area contributed by atoms with Crippen LogP contribution in [0.4, 0.5) is 10.1 Å². The summed E-state index contributed by atoms with van der Waals surface area (Å²) in [4.78, 5) is 24.3. The van der Waals surface area contributed by atoms with Crippen molar-refractivity contribution in [1.29, 1.82) is 0 Å². The van der Waals surface area contributed by atoms with Crippen LogP contribution in [-0.4, -0.2) is 28.3 Å². The number of carbonyl (C=O) groups excluding carboxylic acids is 1. The van der Waals surface area contributed by atoms with Crippen LogP contribution in [0.3, 0.4) is 0 Å². The van der Waals surface area contributed by atoms with Gasteiger partial charge < -0.3 is 4.90 Å². The van der Waals surface area contributed by atoms with E-state index in [0.717, 1.165) is 50.3 Å². The molecule has 2 rings (SSSR count). The molecule has 21 heavy (non-hydrogen) atoms. The molecule has 1 aliphatic carbocycles. The second kappa shape index (κ2) is 6.65. The molecule has 1 fully saturated rings. The second-order valence-corrected chi connectivity index (χ2v) is 5.30. The summed E-state index contributed by atoms with van der Waals surface area (Å²) in [7, 11) is 0. The number of hydrogen-bond acceptors (Lipinski definition) is 3. The van der Waals surface area contributed by atoms with Crippen LogP contribution in [0.25, 0.3) is 0 Å². The molecular weight excluding hydrogens is 275 g/mol. The van der Waals surface area contributed by atoms with Crippen LogP contribution in [0, 0.1) is 15.9 Å². The number of amides is 1. The number of benzene rings is 1. The molecule has 0 unspecified atom stereocenters. The zero-order chi connectivity index (χ0) is 15.4. The third kappa shape index (κ3) is 3.37. The predicted molar refractivity (Wildman–Crippen MR) is 76.6 cm³/mol. The number of carbonyl (C=O) groups is 1. The fourth-order valence-electron chi connectivity index (χ4n) is 2.91. The minimum Gasteiger partial charge on any atom is -0.336 e. The van der Waals surface area contributed by atoms with Crippen molar-refractivity contribution in [1.82, 2.24) is 4.90 Å². The van der Waals surface area contributed by atoms with Crippen LogP contribution in [-0.2, 0) is 0 Å². The summed E-state index contributed by atoms with van der Waals surface area (Å²) in [5, 5.41) is 10.8. The van der Waals surface area contributed by atoms with E-state index >= 15 is 0 Å². The summed E-state index contributed by atoms with van der Waals surface area (Å²) >= 11 is 0. The minimum atomic E-state index is -0.708. The monoisotopic (exact) mass is 294 g/mol. The van der Waals surface area contributed by atoms with Gasteiger partial charge in [-0.3, -0.25) is 14.9 Å². The molecular formula is C15H19FN2O3. The molecule has 1 saturated carbocycles. The number of non-ortho nitro benzene ring substituents is 1. The molecule has 0 radical (unpaired) electrons. The molecule has 0 aromatic heterocycles. The van der Waals surface area contributed by atoms with Gasteiger partial charge in [-0.1, -0.05) is 19.3 Å². The van der Waals surface area contributed by atoms with Crippen LogP contribution in [0.2, 0.25) is 0 Å². The van der Waals surface area contributed by atoms with Crippen LogP contribution in [0.5, 0.6) is 0 Å². The van der Waals surface area contributed by atoms with Crippen molar-refractivity contribution in [3.8, 4) is 0 Å². The van der Waals surface area contributed by atoms with E-state index in [1.54, 1.807) is 4.90 Å². The number of hydrogen-bond donors (Lipinski definition) is 0. The highest BCUT2D eigenvalue weighted by molar-refractivity contribution is 5.95. The molecule has 1 aliphatic rings. The zero-order valence-electron chi connectivity index (χ0n) is 12.0. The fourth-order valence-corrected chi connectivity index (χ4v) is 2.91. The van der Waals surface area contributed by atoms with E-state index in [4.69, 9.17) is 0 Å². The average molecular weight is 294 g/mol. The Morgan fingerprint density at radius 3 is 2.62 bits per heavy atom. The molecule has 0 spiro atoms. The lowest BCUT2D eigenvalue weighted by molar-refractivity contribution is -0.384. The van der Waals surface area contributed by atoms with Crippen LogP contribution >= 0.6 is 0 Å². The topological polar surface area (TPSA) is 63.5 Å². The predicted octanol–water partition coefficient (Wildman–Crippen LogP) is 3.53. The number of nitro groups is 1. The first kappa shape index (κ1) is 15.4. The van der Waals surface area contributed by atoms with Crippen molar-refractivity contribution >= 4 is 11.6 Å². The molecule has 1 aromatic rings. The Hall–Kier alpha value is -1.98. The quantitative estimate of drug-likeness (QED) is 0.630.